The molecule has 60 valence electrons. The molecule has 0 saturated heterocycles. The lowest BCUT2D eigenvalue weighted by Crippen LogP contribution is -1.95. The number of pyridine rings is 1. The molecule has 1 aromatic rings. The number of aromatic nitrogens is 1. The highest BCUT2D eigenvalue weighted by atomic mass is 35.5. The third-order valence-corrected chi connectivity index (χ3v) is 2.61. The molecule has 0 N–H and O–H groups in total. The van der Waals surface area contributed by atoms with E-state index in [4.69, 9.17) is 11.6 Å². The van der Waals surface area contributed by atoms with Crippen molar-refractivity contribution in [3.05, 3.63) is 27.5 Å². The van der Waals surface area contributed by atoms with Crippen molar-refractivity contribution >= 4 is 11.6 Å². The van der Waals surface area contributed by atoms with Crippen LogP contribution in [0.5, 0.6) is 0 Å². The molecule has 0 aromatic carbocycles. The van der Waals surface area contributed by atoms with Crippen LogP contribution in [-0.2, 0) is 0 Å². The van der Waals surface area contributed by atoms with Gasteiger partial charge in [0, 0.05) is 5.69 Å². The van der Waals surface area contributed by atoms with Gasteiger partial charge in [-0.1, -0.05) is 11.6 Å². The summed E-state index contributed by atoms with van der Waals surface area (Å²) in [4.78, 5) is 4.20. The van der Waals surface area contributed by atoms with Gasteiger partial charge in [0.2, 0.25) is 0 Å². The van der Waals surface area contributed by atoms with Gasteiger partial charge < -0.3 is 0 Å². The van der Waals surface area contributed by atoms with Crippen LogP contribution in [0.2, 0.25) is 5.15 Å². The van der Waals surface area contributed by atoms with Gasteiger partial charge in [-0.2, -0.15) is 0 Å². The molecular weight excluding hydrogens is 158 g/mol. The third kappa shape index (κ3) is 1.38. The van der Waals surface area contributed by atoms with Crippen molar-refractivity contribution < 1.29 is 0 Å². The summed E-state index contributed by atoms with van der Waals surface area (Å²) in [5, 5.41) is 0.630. The van der Waals surface area contributed by atoms with Gasteiger partial charge in [0.1, 0.15) is 5.15 Å². The fraction of sp³-hybridized carbons (Fsp3) is 0.444. The summed E-state index contributed by atoms with van der Waals surface area (Å²) in [5.41, 5.74) is 4.61. The summed E-state index contributed by atoms with van der Waals surface area (Å²) in [6.07, 6.45) is 0. The summed E-state index contributed by atoms with van der Waals surface area (Å²) in [6.45, 7) is 8.12. The Labute approximate surface area is 72.4 Å². The second-order valence-corrected chi connectivity index (χ2v) is 3.22. The van der Waals surface area contributed by atoms with Gasteiger partial charge in [-0.25, -0.2) is 4.98 Å². The van der Waals surface area contributed by atoms with Crippen LogP contribution in [0.25, 0.3) is 0 Å². The Bertz CT molecular complexity index is 266. The van der Waals surface area contributed by atoms with Crippen LogP contribution in [0.4, 0.5) is 0 Å². The van der Waals surface area contributed by atoms with Crippen LogP contribution in [0.15, 0.2) is 0 Å². The molecule has 1 nitrogen and oxygen atoms in total. The zero-order valence-electron chi connectivity index (χ0n) is 7.33. The maximum absolute atomic E-state index is 5.88. The summed E-state index contributed by atoms with van der Waals surface area (Å²) in [5.74, 6) is 0. The molecular formula is C9H12ClN. The van der Waals surface area contributed by atoms with Crippen molar-refractivity contribution in [1.29, 1.82) is 0 Å². The Morgan fingerprint density at radius 1 is 0.909 bits per heavy atom. The van der Waals surface area contributed by atoms with E-state index < -0.39 is 0 Å². The Kier molecular flexibility index (Phi) is 2.19. The van der Waals surface area contributed by atoms with E-state index in [-0.39, 0.29) is 0 Å². The minimum atomic E-state index is 0.630. The van der Waals surface area contributed by atoms with Crippen molar-refractivity contribution in [2.45, 2.75) is 27.7 Å². The zero-order chi connectivity index (χ0) is 8.59. The Balaban J connectivity index is 3.46. The molecule has 0 radical (unpaired) electrons. The van der Waals surface area contributed by atoms with E-state index >= 15 is 0 Å². The van der Waals surface area contributed by atoms with E-state index in [1.807, 2.05) is 13.8 Å². The molecule has 0 amide bonds. The molecule has 0 fully saturated rings. The second-order valence-electron chi connectivity index (χ2n) is 2.86. The van der Waals surface area contributed by atoms with Gasteiger partial charge in [-0.15, -0.1) is 0 Å². The predicted molar refractivity (Wildman–Crippen MR) is 48.2 cm³/mol. The lowest BCUT2D eigenvalue weighted by molar-refractivity contribution is 1.09. The molecule has 0 spiro atoms. The topological polar surface area (TPSA) is 12.9 Å². The van der Waals surface area contributed by atoms with Crippen LogP contribution in [-0.4, -0.2) is 4.98 Å². The first-order chi connectivity index (χ1) is 5.04. The quantitative estimate of drug-likeness (QED) is 0.545. The van der Waals surface area contributed by atoms with Crippen molar-refractivity contribution in [1.82, 2.24) is 4.98 Å². The summed E-state index contributed by atoms with van der Waals surface area (Å²) in [6, 6.07) is 0. The van der Waals surface area contributed by atoms with Crippen LogP contribution >= 0.6 is 11.6 Å². The lowest BCUT2D eigenvalue weighted by Gasteiger charge is -2.08. The molecule has 0 saturated carbocycles. The van der Waals surface area contributed by atoms with Gasteiger partial charge in [0.25, 0.3) is 0 Å². The molecule has 1 aromatic heterocycles. The largest absolute Gasteiger partial charge is 0.241 e. The first-order valence-electron chi connectivity index (χ1n) is 3.64. The number of nitrogens with zero attached hydrogens (tertiary/aromatic N) is 1. The molecule has 1 heterocycles. The van der Waals surface area contributed by atoms with Gasteiger partial charge >= 0.3 is 0 Å². The number of hydrogen-bond donors (Lipinski definition) is 0. The van der Waals surface area contributed by atoms with Crippen LogP contribution in [0.1, 0.15) is 22.4 Å². The third-order valence-electron chi connectivity index (χ3n) is 2.24. The maximum Gasteiger partial charge on any atom is 0.132 e. The number of hydrogen-bond acceptors (Lipinski definition) is 1. The van der Waals surface area contributed by atoms with Crippen molar-refractivity contribution in [3.63, 3.8) is 0 Å². The average Bonchev–Trinajstić information content (AvgIpc) is 1.97. The molecule has 0 unspecified atom stereocenters. The van der Waals surface area contributed by atoms with E-state index in [0.29, 0.717) is 5.15 Å². The first kappa shape index (κ1) is 8.54. The van der Waals surface area contributed by atoms with Crippen molar-refractivity contribution in [3.8, 4) is 0 Å². The predicted octanol–water partition coefficient (Wildman–Crippen LogP) is 2.97. The minimum absolute atomic E-state index is 0.630. The second kappa shape index (κ2) is 2.82. The molecule has 1 rings (SSSR count). The fourth-order valence-electron chi connectivity index (χ4n) is 1.02. The van der Waals surface area contributed by atoms with E-state index in [2.05, 4.69) is 18.8 Å². The van der Waals surface area contributed by atoms with Crippen LogP contribution in [0.3, 0.4) is 0 Å². The first-order valence-corrected chi connectivity index (χ1v) is 4.01. The van der Waals surface area contributed by atoms with Crippen LogP contribution < -0.4 is 0 Å². The summed E-state index contributed by atoms with van der Waals surface area (Å²) >= 11 is 5.88. The van der Waals surface area contributed by atoms with E-state index in [0.717, 1.165) is 11.3 Å². The molecule has 0 atom stereocenters. The summed E-state index contributed by atoms with van der Waals surface area (Å²) in [7, 11) is 0. The van der Waals surface area contributed by atoms with Gasteiger partial charge in [-0.05, 0) is 44.4 Å². The molecule has 0 aliphatic carbocycles. The number of aryl methyl sites for hydroxylation is 1. The normalized spacial score (nSPS) is 10.3. The smallest absolute Gasteiger partial charge is 0.132 e. The molecule has 0 aliphatic rings. The molecule has 0 bridgehead atoms. The minimum Gasteiger partial charge on any atom is -0.241 e. The maximum atomic E-state index is 5.88. The van der Waals surface area contributed by atoms with E-state index in [1.54, 1.807) is 0 Å². The monoisotopic (exact) mass is 169 g/mol. The molecule has 0 aliphatic heterocycles. The van der Waals surface area contributed by atoms with Crippen molar-refractivity contribution in [2.24, 2.45) is 0 Å². The van der Waals surface area contributed by atoms with Gasteiger partial charge in [0.05, 0.1) is 0 Å². The average molecular weight is 170 g/mol. The van der Waals surface area contributed by atoms with E-state index in [9.17, 15) is 0 Å². The highest BCUT2D eigenvalue weighted by Crippen LogP contribution is 2.20. The number of rotatable bonds is 0. The fourth-order valence-corrected chi connectivity index (χ4v) is 1.29. The summed E-state index contributed by atoms with van der Waals surface area (Å²) < 4.78 is 0. The number of halogens is 1. The lowest BCUT2D eigenvalue weighted by atomic mass is 10.1. The van der Waals surface area contributed by atoms with E-state index in [1.165, 1.54) is 11.1 Å². The SMILES string of the molecule is Cc1nc(Cl)c(C)c(C)c1C. The molecule has 11 heavy (non-hydrogen) atoms. The van der Waals surface area contributed by atoms with Crippen LogP contribution in [0, 0.1) is 27.7 Å². The molecule has 2 heteroatoms. The Hall–Kier alpha value is -0.560. The zero-order valence-corrected chi connectivity index (χ0v) is 8.08. The Morgan fingerprint density at radius 3 is 2.00 bits per heavy atom. The standard InChI is InChI=1S/C9H12ClN/c1-5-6(2)8(4)11-9(10)7(5)3/h1-4H3. The van der Waals surface area contributed by atoms with Gasteiger partial charge in [0.15, 0.2) is 0 Å². The Morgan fingerprint density at radius 2 is 1.45 bits per heavy atom. The highest BCUT2D eigenvalue weighted by molar-refractivity contribution is 6.30. The van der Waals surface area contributed by atoms with Crippen molar-refractivity contribution in [2.75, 3.05) is 0 Å². The highest BCUT2D eigenvalue weighted by Gasteiger charge is 2.05. The van der Waals surface area contributed by atoms with Gasteiger partial charge in [-0.3, -0.25) is 0 Å².